The second-order valence-electron chi connectivity index (χ2n) is 5.24. The first-order chi connectivity index (χ1) is 10.6. The van der Waals surface area contributed by atoms with Crippen molar-refractivity contribution in [3.8, 4) is 0 Å². The fraction of sp³-hybridized carbons (Fsp3) is 0.867. The van der Waals surface area contributed by atoms with E-state index in [0.29, 0.717) is 26.3 Å². The minimum absolute atomic E-state index is 0.222. The molecule has 0 radical (unpaired) electrons. The lowest BCUT2D eigenvalue weighted by Crippen LogP contribution is -2.22. The molecule has 0 aromatic carbocycles. The molecule has 0 amide bonds. The van der Waals surface area contributed by atoms with E-state index in [2.05, 4.69) is 11.9 Å². The van der Waals surface area contributed by atoms with E-state index in [0.717, 1.165) is 38.8 Å². The maximum atomic E-state index is 11.1. The van der Waals surface area contributed by atoms with Gasteiger partial charge in [-0.3, -0.25) is 9.59 Å². The minimum Gasteiger partial charge on any atom is -0.466 e. The Hall–Kier alpha value is -1.18. The minimum atomic E-state index is -0.222. The summed E-state index contributed by atoms with van der Waals surface area (Å²) in [5.41, 5.74) is 10.5. The van der Waals surface area contributed by atoms with Crippen LogP contribution in [0.3, 0.4) is 0 Å². The molecule has 7 heteroatoms. The van der Waals surface area contributed by atoms with Crippen LogP contribution in [0.2, 0.25) is 0 Å². The average molecular weight is 317 g/mol. The molecule has 130 valence electrons. The molecule has 0 aliphatic heterocycles. The fourth-order valence-corrected chi connectivity index (χ4v) is 1.83. The zero-order valence-electron chi connectivity index (χ0n) is 13.7. The van der Waals surface area contributed by atoms with E-state index in [-0.39, 0.29) is 24.8 Å². The molecule has 0 aromatic heterocycles. The summed E-state index contributed by atoms with van der Waals surface area (Å²) in [5, 5.41) is 0. The Morgan fingerprint density at radius 3 is 1.59 bits per heavy atom. The number of ether oxygens (including phenoxy) is 2. The number of hydrogen-bond acceptors (Lipinski definition) is 7. The molecule has 0 atom stereocenters. The Morgan fingerprint density at radius 1 is 0.818 bits per heavy atom. The van der Waals surface area contributed by atoms with Gasteiger partial charge in [0.2, 0.25) is 0 Å². The second kappa shape index (κ2) is 14.7. The number of carbonyl (C=O) groups excluding carboxylic acids is 2. The highest BCUT2D eigenvalue weighted by Crippen LogP contribution is 1.99. The second-order valence-corrected chi connectivity index (χ2v) is 5.24. The van der Waals surface area contributed by atoms with Crippen molar-refractivity contribution in [1.82, 2.24) is 4.90 Å². The van der Waals surface area contributed by atoms with E-state index in [4.69, 9.17) is 20.9 Å². The monoisotopic (exact) mass is 317 g/mol. The van der Waals surface area contributed by atoms with E-state index >= 15 is 0 Å². The fourth-order valence-electron chi connectivity index (χ4n) is 1.83. The van der Waals surface area contributed by atoms with E-state index < -0.39 is 0 Å². The van der Waals surface area contributed by atoms with Crippen LogP contribution in [-0.2, 0) is 19.1 Å². The lowest BCUT2D eigenvalue weighted by molar-refractivity contribution is -0.144. The van der Waals surface area contributed by atoms with E-state index in [1.807, 2.05) is 0 Å². The van der Waals surface area contributed by atoms with Gasteiger partial charge in [0.25, 0.3) is 0 Å². The molecule has 0 fully saturated rings. The van der Waals surface area contributed by atoms with Crippen molar-refractivity contribution >= 4 is 11.9 Å². The van der Waals surface area contributed by atoms with Gasteiger partial charge in [-0.05, 0) is 45.8 Å². The van der Waals surface area contributed by atoms with Gasteiger partial charge in [-0.15, -0.1) is 0 Å². The van der Waals surface area contributed by atoms with Crippen LogP contribution in [0.15, 0.2) is 0 Å². The first-order valence-corrected chi connectivity index (χ1v) is 8.00. The van der Waals surface area contributed by atoms with E-state index in [9.17, 15) is 9.59 Å². The topological polar surface area (TPSA) is 108 Å². The third kappa shape index (κ3) is 13.8. The molecule has 0 saturated heterocycles. The van der Waals surface area contributed by atoms with Gasteiger partial charge in [0.15, 0.2) is 0 Å². The van der Waals surface area contributed by atoms with Crippen molar-refractivity contribution in [1.29, 1.82) is 0 Å². The van der Waals surface area contributed by atoms with Crippen molar-refractivity contribution in [3.63, 3.8) is 0 Å². The summed E-state index contributed by atoms with van der Waals surface area (Å²) >= 11 is 0. The summed E-state index contributed by atoms with van der Waals surface area (Å²) in [7, 11) is 2.06. The highest BCUT2D eigenvalue weighted by Gasteiger charge is 2.03. The number of hydrogen-bond donors (Lipinski definition) is 2. The Bertz CT molecular complexity index is 273. The van der Waals surface area contributed by atoms with Gasteiger partial charge in [0, 0.05) is 13.1 Å². The quantitative estimate of drug-likeness (QED) is 0.349. The molecule has 7 nitrogen and oxygen atoms in total. The molecule has 0 saturated carbocycles. The summed E-state index contributed by atoms with van der Waals surface area (Å²) in [5.74, 6) is -0.444. The molecule has 0 bridgehead atoms. The Morgan fingerprint density at radius 2 is 1.23 bits per heavy atom. The molecular formula is C15H31N3O4. The van der Waals surface area contributed by atoms with Gasteiger partial charge in [0.1, 0.15) is 0 Å². The number of unbranched alkanes of at least 4 members (excludes halogenated alkanes) is 2. The molecule has 4 N–H and O–H groups in total. The number of nitrogens with zero attached hydrogens (tertiary/aromatic N) is 1. The van der Waals surface area contributed by atoms with Crippen LogP contribution >= 0.6 is 0 Å². The highest BCUT2D eigenvalue weighted by atomic mass is 16.5. The third-order valence-corrected chi connectivity index (χ3v) is 3.09. The van der Waals surface area contributed by atoms with E-state index in [1.165, 1.54) is 0 Å². The van der Waals surface area contributed by atoms with Crippen LogP contribution in [0.1, 0.15) is 38.5 Å². The number of carbonyl (C=O) groups is 2. The van der Waals surface area contributed by atoms with Crippen molar-refractivity contribution in [2.45, 2.75) is 38.5 Å². The van der Waals surface area contributed by atoms with Crippen LogP contribution in [0.25, 0.3) is 0 Å². The van der Waals surface area contributed by atoms with E-state index in [1.54, 1.807) is 0 Å². The molecule has 0 aliphatic carbocycles. The SMILES string of the molecule is CN(CCCCOC(=O)CCN)CCCCOC(=O)CCN. The lowest BCUT2D eigenvalue weighted by Gasteiger charge is -2.16. The van der Waals surface area contributed by atoms with Crippen LogP contribution in [0.4, 0.5) is 0 Å². The van der Waals surface area contributed by atoms with Gasteiger partial charge in [0.05, 0.1) is 26.1 Å². The van der Waals surface area contributed by atoms with Crippen LogP contribution < -0.4 is 11.5 Å². The molecule has 0 unspecified atom stereocenters. The van der Waals surface area contributed by atoms with Gasteiger partial charge in [-0.1, -0.05) is 0 Å². The van der Waals surface area contributed by atoms with Crippen LogP contribution in [-0.4, -0.2) is 63.3 Å². The maximum absolute atomic E-state index is 11.1. The van der Waals surface area contributed by atoms with Gasteiger partial charge in [-0.25, -0.2) is 0 Å². The third-order valence-electron chi connectivity index (χ3n) is 3.09. The number of esters is 2. The first-order valence-electron chi connectivity index (χ1n) is 8.00. The van der Waals surface area contributed by atoms with Crippen molar-refractivity contribution in [3.05, 3.63) is 0 Å². The van der Waals surface area contributed by atoms with Gasteiger partial charge >= 0.3 is 11.9 Å². The first kappa shape index (κ1) is 20.8. The molecular weight excluding hydrogens is 286 g/mol. The highest BCUT2D eigenvalue weighted by molar-refractivity contribution is 5.69. The zero-order valence-corrected chi connectivity index (χ0v) is 13.7. The van der Waals surface area contributed by atoms with Gasteiger partial charge in [-0.2, -0.15) is 0 Å². The van der Waals surface area contributed by atoms with Crippen molar-refractivity contribution < 1.29 is 19.1 Å². The predicted octanol–water partition coefficient (Wildman–Crippen LogP) is 0.263. The Labute approximate surface area is 133 Å². The Kier molecular flexibility index (Phi) is 14.0. The standard InChI is InChI=1S/C15H31N3O4/c1-18(10-2-4-12-21-14(19)6-8-16)11-3-5-13-22-15(20)7-9-17/h2-13,16-17H2,1H3. The van der Waals surface area contributed by atoms with Crippen LogP contribution in [0, 0.1) is 0 Å². The number of rotatable bonds is 14. The smallest absolute Gasteiger partial charge is 0.307 e. The average Bonchev–Trinajstić information content (AvgIpc) is 2.47. The summed E-state index contributed by atoms with van der Waals surface area (Å²) in [4.78, 5) is 24.4. The zero-order chi connectivity index (χ0) is 16.6. The Balaban J connectivity index is 3.34. The number of nitrogens with two attached hydrogens (primary N) is 2. The summed E-state index contributed by atoms with van der Waals surface area (Å²) < 4.78 is 10.0. The van der Waals surface area contributed by atoms with Crippen LogP contribution in [0.5, 0.6) is 0 Å². The summed E-state index contributed by atoms with van der Waals surface area (Å²) in [6.07, 6.45) is 4.26. The predicted molar refractivity (Wildman–Crippen MR) is 85.2 cm³/mol. The molecule has 0 aromatic rings. The molecule has 0 spiro atoms. The molecule has 0 rings (SSSR count). The summed E-state index contributed by atoms with van der Waals surface area (Å²) in [6, 6.07) is 0. The molecule has 0 heterocycles. The summed E-state index contributed by atoms with van der Waals surface area (Å²) in [6.45, 7) is 3.52. The molecule has 22 heavy (non-hydrogen) atoms. The molecule has 0 aliphatic rings. The normalized spacial score (nSPS) is 10.7. The maximum Gasteiger partial charge on any atom is 0.307 e. The lowest BCUT2D eigenvalue weighted by atomic mass is 10.2. The van der Waals surface area contributed by atoms with Crippen molar-refractivity contribution in [2.75, 3.05) is 46.4 Å². The van der Waals surface area contributed by atoms with Crippen molar-refractivity contribution in [2.24, 2.45) is 11.5 Å². The van der Waals surface area contributed by atoms with Gasteiger partial charge < -0.3 is 25.8 Å². The largest absolute Gasteiger partial charge is 0.466 e.